The molecule has 3 atom stereocenters. The Bertz CT molecular complexity index is 728. The number of amides is 1. The molecular weight excluding hydrogens is 342 g/mol. The summed E-state index contributed by atoms with van der Waals surface area (Å²) in [6.45, 7) is 4.30. The summed E-state index contributed by atoms with van der Waals surface area (Å²) < 4.78 is 5.39. The molecule has 0 unspecified atom stereocenters. The zero-order chi connectivity index (χ0) is 19.0. The lowest BCUT2D eigenvalue weighted by atomic mass is 9.72. The summed E-state index contributed by atoms with van der Waals surface area (Å²) in [6, 6.07) is 0.201. The summed E-state index contributed by atoms with van der Waals surface area (Å²) in [4.78, 5) is 27.8. The molecule has 6 heteroatoms. The minimum absolute atomic E-state index is 0.00662. The highest BCUT2D eigenvalue weighted by Gasteiger charge is 2.60. The Hall–Kier alpha value is -1.85. The molecule has 2 aliphatic heterocycles. The Labute approximate surface area is 161 Å². The van der Waals surface area contributed by atoms with Crippen LogP contribution in [-0.4, -0.2) is 45.7 Å². The van der Waals surface area contributed by atoms with Gasteiger partial charge in [-0.05, 0) is 63.9 Å². The number of carbonyl (C=O) groups excluding carboxylic acids is 2. The first-order valence-electron chi connectivity index (χ1n) is 10.6. The molecule has 1 aliphatic carbocycles. The maximum Gasteiger partial charge on any atom is 0.314 e. The molecule has 0 radical (unpaired) electrons. The average Bonchev–Trinajstić information content (AvgIpc) is 3.38. The van der Waals surface area contributed by atoms with Gasteiger partial charge in [-0.1, -0.05) is 6.92 Å². The Morgan fingerprint density at radius 2 is 2.07 bits per heavy atom. The molecule has 0 spiro atoms. The minimum atomic E-state index is -0.500. The number of rotatable bonds is 6. The van der Waals surface area contributed by atoms with Crippen molar-refractivity contribution in [3.63, 3.8) is 0 Å². The lowest BCUT2D eigenvalue weighted by molar-refractivity contribution is -0.158. The maximum atomic E-state index is 13.1. The predicted molar refractivity (Wildman–Crippen MR) is 101 cm³/mol. The second-order valence-corrected chi connectivity index (χ2v) is 8.32. The molecule has 3 heterocycles. The molecule has 1 amide bonds. The van der Waals surface area contributed by atoms with Gasteiger partial charge in [-0.15, -0.1) is 0 Å². The molecule has 2 bridgehead atoms. The Balaban J connectivity index is 1.45. The van der Waals surface area contributed by atoms with Gasteiger partial charge in [0.2, 0.25) is 5.91 Å². The number of ether oxygens (including phenoxy) is 1. The van der Waals surface area contributed by atoms with Crippen molar-refractivity contribution in [2.24, 2.45) is 5.41 Å². The fraction of sp³-hybridized carbons (Fsp3) is 0.762. The van der Waals surface area contributed by atoms with E-state index in [-0.39, 0.29) is 24.0 Å². The Morgan fingerprint density at radius 1 is 1.26 bits per heavy atom. The van der Waals surface area contributed by atoms with E-state index in [0.29, 0.717) is 19.4 Å². The van der Waals surface area contributed by atoms with Crippen LogP contribution in [0.2, 0.25) is 0 Å². The third-order valence-electron chi connectivity index (χ3n) is 7.06. The fourth-order valence-electron chi connectivity index (χ4n) is 5.69. The summed E-state index contributed by atoms with van der Waals surface area (Å²) in [7, 11) is 0. The van der Waals surface area contributed by atoms with Crippen molar-refractivity contribution in [1.29, 1.82) is 0 Å². The van der Waals surface area contributed by atoms with Crippen molar-refractivity contribution < 1.29 is 14.3 Å². The van der Waals surface area contributed by atoms with E-state index >= 15 is 0 Å². The van der Waals surface area contributed by atoms with Crippen molar-refractivity contribution in [2.45, 2.75) is 90.1 Å². The second kappa shape index (κ2) is 7.28. The van der Waals surface area contributed by atoms with Crippen molar-refractivity contribution in [3.05, 3.63) is 17.0 Å². The van der Waals surface area contributed by atoms with E-state index in [1.54, 1.807) is 0 Å². The van der Waals surface area contributed by atoms with E-state index in [9.17, 15) is 9.59 Å². The largest absolute Gasteiger partial charge is 0.466 e. The summed E-state index contributed by atoms with van der Waals surface area (Å²) in [5.74, 6) is 0.0635. The van der Waals surface area contributed by atoms with Crippen LogP contribution < -0.4 is 0 Å². The Kier molecular flexibility index (Phi) is 4.99. The summed E-state index contributed by atoms with van der Waals surface area (Å²) >= 11 is 0. The first-order valence-corrected chi connectivity index (χ1v) is 10.6. The molecule has 3 aliphatic rings. The Morgan fingerprint density at radius 3 is 2.85 bits per heavy atom. The molecule has 2 fully saturated rings. The third kappa shape index (κ3) is 2.97. The summed E-state index contributed by atoms with van der Waals surface area (Å²) in [6.07, 6.45) is 9.18. The van der Waals surface area contributed by atoms with Crippen LogP contribution in [0.3, 0.4) is 0 Å². The van der Waals surface area contributed by atoms with Crippen LogP contribution in [0.5, 0.6) is 0 Å². The smallest absolute Gasteiger partial charge is 0.314 e. The van der Waals surface area contributed by atoms with E-state index in [1.165, 1.54) is 24.1 Å². The summed E-state index contributed by atoms with van der Waals surface area (Å²) in [5.41, 5.74) is 3.17. The van der Waals surface area contributed by atoms with Gasteiger partial charge in [0.15, 0.2) is 0 Å². The van der Waals surface area contributed by atoms with Crippen LogP contribution in [0.15, 0.2) is 0 Å². The van der Waals surface area contributed by atoms with Crippen molar-refractivity contribution in [2.75, 3.05) is 6.61 Å². The van der Waals surface area contributed by atoms with E-state index in [1.807, 2.05) is 11.8 Å². The number of hydrogen-bond donors (Lipinski definition) is 1. The average molecular weight is 373 g/mol. The van der Waals surface area contributed by atoms with Gasteiger partial charge in [0, 0.05) is 30.6 Å². The quantitative estimate of drug-likeness (QED) is 0.778. The number of aryl methyl sites for hydroxylation is 2. The number of esters is 1. The molecule has 2 saturated heterocycles. The SMILES string of the molecule is CCOC(=O)[C@@]1(CC)C[C@H]2CC[C@@H]1N2C(=O)CCc1n[nH]c2c1CCCC2. The minimum Gasteiger partial charge on any atom is -0.466 e. The summed E-state index contributed by atoms with van der Waals surface area (Å²) in [5, 5.41) is 7.64. The highest BCUT2D eigenvalue weighted by atomic mass is 16.5. The van der Waals surface area contributed by atoms with Gasteiger partial charge >= 0.3 is 5.97 Å². The van der Waals surface area contributed by atoms with E-state index in [2.05, 4.69) is 17.1 Å². The van der Waals surface area contributed by atoms with Crippen molar-refractivity contribution in [3.8, 4) is 0 Å². The number of hydrogen-bond acceptors (Lipinski definition) is 4. The van der Waals surface area contributed by atoms with Gasteiger partial charge in [0.05, 0.1) is 17.7 Å². The number of nitrogens with one attached hydrogen (secondary N) is 1. The molecule has 6 nitrogen and oxygen atoms in total. The van der Waals surface area contributed by atoms with Crippen LogP contribution in [0.4, 0.5) is 0 Å². The molecule has 0 aromatic carbocycles. The topological polar surface area (TPSA) is 75.3 Å². The first-order chi connectivity index (χ1) is 13.1. The fourth-order valence-corrected chi connectivity index (χ4v) is 5.69. The van der Waals surface area contributed by atoms with E-state index in [4.69, 9.17) is 4.74 Å². The lowest BCUT2D eigenvalue weighted by Crippen LogP contribution is -2.45. The molecule has 0 saturated carbocycles. The van der Waals surface area contributed by atoms with Crippen LogP contribution in [0.25, 0.3) is 0 Å². The number of nitrogens with zero attached hydrogens (tertiary/aromatic N) is 2. The monoisotopic (exact) mass is 373 g/mol. The van der Waals surface area contributed by atoms with Gasteiger partial charge in [0.1, 0.15) is 0 Å². The zero-order valence-corrected chi connectivity index (χ0v) is 16.6. The molecule has 1 aromatic rings. The number of fused-ring (bicyclic) bond motifs is 3. The van der Waals surface area contributed by atoms with Crippen LogP contribution in [0.1, 0.15) is 75.7 Å². The number of aromatic nitrogens is 2. The van der Waals surface area contributed by atoms with Crippen LogP contribution >= 0.6 is 0 Å². The van der Waals surface area contributed by atoms with E-state index in [0.717, 1.165) is 44.2 Å². The van der Waals surface area contributed by atoms with Gasteiger partial charge in [-0.3, -0.25) is 14.7 Å². The standard InChI is InChI=1S/C21H31N3O3/c1-3-21(20(26)27-4-2)13-14-9-11-18(21)24(14)19(25)12-10-17-15-7-5-6-8-16(15)22-23-17/h14,18H,3-13H2,1-2H3,(H,22,23)/t14-,18+,21+/m1/s1. The van der Waals surface area contributed by atoms with Gasteiger partial charge in [0.25, 0.3) is 0 Å². The van der Waals surface area contributed by atoms with Crippen molar-refractivity contribution in [1.82, 2.24) is 15.1 Å². The van der Waals surface area contributed by atoms with Crippen LogP contribution in [0, 0.1) is 5.41 Å². The highest BCUT2D eigenvalue weighted by molar-refractivity contribution is 5.83. The number of carbonyl (C=O) groups is 2. The van der Waals surface area contributed by atoms with Gasteiger partial charge < -0.3 is 9.64 Å². The maximum absolute atomic E-state index is 13.1. The molecule has 148 valence electrons. The molecule has 1 aromatic heterocycles. The predicted octanol–water partition coefficient (Wildman–Crippen LogP) is 2.94. The molecule has 4 rings (SSSR count). The number of H-pyrrole nitrogens is 1. The van der Waals surface area contributed by atoms with E-state index < -0.39 is 5.41 Å². The first kappa shape index (κ1) is 18.5. The van der Waals surface area contributed by atoms with Gasteiger partial charge in [-0.2, -0.15) is 5.10 Å². The normalized spacial score (nSPS) is 29.0. The third-order valence-corrected chi connectivity index (χ3v) is 7.06. The molecule has 1 N–H and O–H groups in total. The molecule has 27 heavy (non-hydrogen) atoms. The highest BCUT2D eigenvalue weighted by Crippen LogP contribution is 2.52. The lowest BCUT2D eigenvalue weighted by Gasteiger charge is -2.34. The second-order valence-electron chi connectivity index (χ2n) is 8.32. The van der Waals surface area contributed by atoms with Gasteiger partial charge in [-0.25, -0.2) is 0 Å². The van der Waals surface area contributed by atoms with Crippen LogP contribution in [-0.2, 0) is 33.6 Å². The molecular formula is C21H31N3O3. The number of aromatic amines is 1. The van der Waals surface area contributed by atoms with Crippen molar-refractivity contribution >= 4 is 11.9 Å². The zero-order valence-electron chi connectivity index (χ0n) is 16.6.